The molecular weight excluding hydrogens is 294 g/mol. The standard InChI is InChI=1S/C16H23N5S/c1-3-20-6-8-21(9-7-20)15-5-4-14(11-17-15)12-19-16-18-10-13(2)22-16/h4-5,10-11H,3,6-9,12H2,1-2H3,(H,18,19). The van der Waals surface area contributed by atoms with Crippen molar-refractivity contribution in [2.45, 2.75) is 20.4 Å². The fourth-order valence-electron chi connectivity index (χ4n) is 2.62. The van der Waals surface area contributed by atoms with E-state index in [1.54, 1.807) is 11.3 Å². The summed E-state index contributed by atoms with van der Waals surface area (Å²) in [6.07, 6.45) is 3.86. The molecule has 0 spiro atoms. The average molecular weight is 317 g/mol. The van der Waals surface area contributed by atoms with Gasteiger partial charge >= 0.3 is 0 Å². The molecule has 0 saturated carbocycles. The molecule has 22 heavy (non-hydrogen) atoms. The molecule has 6 heteroatoms. The third-order valence-corrected chi connectivity index (χ3v) is 4.89. The van der Waals surface area contributed by atoms with Crippen LogP contribution in [0.25, 0.3) is 0 Å². The number of aromatic nitrogens is 2. The number of piperazine rings is 1. The second kappa shape index (κ2) is 7.07. The molecule has 1 N–H and O–H groups in total. The smallest absolute Gasteiger partial charge is 0.183 e. The van der Waals surface area contributed by atoms with E-state index in [0.29, 0.717) is 0 Å². The van der Waals surface area contributed by atoms with E-state index in [2.05, 4.69) is 51.1 Å². The van der Waals surface area contributed by atoms with Gasteiger partial charge in [-0.1, -0.05) is 13.0 Å². The molecule has 5 nitrogen and oxygen atoms in total. The van der Waals surface area contributed by atoms with E-state index in [1.807, 2.05) is 12.4 Å². The van der Waals surface area contributed by atoms with Gasteiger partial charge < -0.3 is 15.1 Å². The van der Waals surface area contributed by atoms with Crippen molar-refractivity contribution in [3.05, 3.63) is 35.0 Å². The van der Waals surface area contributed by atoms with Crippen molar-refractivity contribution < 1.29 is 0 Å². The largest absolute Gasteiger partial charge is 0.357 e. The van der Waals surface area contributed by atoms with E-state index in [9.17, 15) is 0 Å². The highest BCUT2D eigenvalue weighted by atomic mass is 32.1. The van der Waals surface area contributed by atoms with Crippen molar-refractivity contribution in [3.63, 3.8) is 0 Å². The minimum absolute atomic E-state index is 0.768. The molecule has 1 saturated heterocycles. The van der Waals surface area contributed by atoms with Crippen molar-refractivity contribution in [1.29, 1.82) is 0 Å². The lowest BCUT2D eigenvalue weighted by atomic mass is 10.2. The van der Waals surface area contributed by atoms with E-state index in [-0.39, 0.29) is 0 Å². The molecule has 0 bridgehead atoms. The van der Waals surface area contributed by atoms with Crippen molar-refractivity contribution in [1.82, 2.24) is 14.9 Å². The molecule has 0 atom stereocenters. The number of nitrogens with one attached hydrogen (secondary N) is 1. The van der Waals surface area contributed by atoms with Crippen LogP contribution in [0.15, 0.2) is 24.5 Å². The first kappa shape index (κ1) is 15.2. The highest BCUT2D eigenvalue weighted by Crippen LogP contribution is 2.18. The van der Waals surface area contributed by atoms with Crippen molar-refractivity contribution in [2.75, 3.05) is 42.9 Å². The molecule has 2 aromatic heterocycles. The van der Waals surface area contributed by atoms with E-state index in [4.69, 9.17) is 0 Å². The minimum Gasteiger partial charge on any atom is -0.357 e. The van der Waals surface area contributed by atoms with Gasteiger partial charge in [-0.2, -0.15) is 0 Å². The molecular formula is C16H23N5S. The summed E-state index contributed by atoms with van der Waals surface area (Å²) in [5, 5.41) is 4.31. The lowest BCUT2D eigenvalue weighted by Crippen LogP contribution is -2.46. The van der Waals surface area contributed by atoms with Gasteiger partial charge in [-0.15, -0.1) is 11.3 Å². The number of aryl methyl sites for hydroxylation is 1. The van der Waals surface area contributed by atoms with Crippen molar-refractivity contribution >= 4 is 22.3 Å². The summed E-state index contributed by atoms with van der Waals surface area (Å²) in [7, 11) is 0. The molecule has 118 valence electrons. The van der Waals surface area contributed by atoms with Gasteiger partial charge in [0.05, 0.1) is 0 Å². The fourth-order valence-corrected chi connectivity index (χ4v) is 3.28. The quantitative estimate of drug-likeness (QED) is 0.918. The van der Waals surface area contributed by atoms with Crippen molar-refractivity contribution in [3.8, 4) is 0 Å². The Morgan fingerprint density at radius 3 is 2.55 bits per heavy atom. The highest BCUT2D eigenvalue weighted by molar-refractivity contribution is 7.15. The van der Waals surface area contributed by atoms with Gasteiger partial charge in [-0.3, -0.25) is 0 Å². The normalized spacial score (nSPS) is 16.0. The van der Waals surface area contributed by atoms with Crippen molar-refractivity contribution in [2.24, 2.45) is 0 Å². The van der Waals surface area contributed by atoms with Crippen LogP contribution in [-0.2, 0) is 6.54 Å². The molecule has 0 aromatic carbocycles. The van der Waals surface area contributed by atoms with E-state index in [0.717, 1.165) is 50.2 Å². The van der Waals surface area contributed by atoms with Crippen LogP contribution in [0.4, 0.5) is 10.9 Å². The minimum atomic E-state index is 0.768. The highest BCUT2D eigenvalue weighted by Gasteiger charge is 2.16. The summed E-state index contributed by atoms with van der Waals surface area (Å²) in [5.74, 6) is 1.09. The number of hydrogen-bond acceptors (Lipinski definition) is 6. The topological polar surface area (TPSA) is 44.3 Å². The number of thiazole rings is 1. The van der Waals surface area contributed by atoms with Gasteiger partial charge in [-0.05, 0) is 25.1 Å². The summed E-state index contributed by atoms with van der Waals surface area (Å²) in [5.41, 5.74) is 1.18. The maximum absolute atomic E-state index is 4.62. The van der Waals surface area contributed by atoms with Crippen LogP contribution in [0.5, 0.6) is 0 Å². The van der Waals surface area contributed by atoms with Crippen LogP contribution < -0.4 is 10.2 Å². The van der Waals surface area contributed by atoms with Gasteiger partial charge in [-0.25, -0.2) is 9.97 Å². The Labute approximate surface area is 136 Å². The van der Waals surface area contributed by atoms with Crippen LogP contribution in [0, 0.1) is 6.92 Å². The molecule has 1 fully saturated rings. The zero-order valence-electron chi connectivity index (χ0n) is 13.2. The molecule has 1 aliphatic rings. The Balaban J connectivity index is 1.54. The zero-order valence-corrected chi connectivity index (χ0v) is 14.1. The maximum Gasteiger partial charge on any atom is 0.183 e. The Morgan fingerprint density at radius 2 is 1.95 bits per heavy atom. The molecule has 3 heterocycles. The maximum atomic E-state index is 4.62. The fraction of sp³-hybridized carbons (Fsp3) is 0.500. The second-order valence-corrected chi connectivity index (χ2v) is 6.81. The first-order valence-corrected chi connectivity index (χ1v) is 8.65. The molecule has 0 radical (unpaired) electrons. The first-order chi connectivity index (χ1) is 10.7. The second-order valence-electron chi connectivity index (χ2n) is 5.58. The summed E-state index contributed by atoms with van der Waals surface area (Å²) >= 11 is 1.68. The molecule has 0 amide bonds. The summed E-state index contributed by atoms with van der Waals surface area (Å²) < 4.78 is 0. The number of pyridine rings is 1. The molecule has 2 aromatic rings. The molecule has 3 rings (SSSR count). The Hall–Kier alpha value is -1.66. The summed E-state index contributed by atoms with van der Waals surface area (Å²) in [6, 6.07) is 4.29. The summed E-state index contributed by atoms with van der Waals surface area (Å²) in [4.78, 5) is 15.0. The van der Waals surface area contributed by atoms with Gasteiger partial charge in [0.25, 0.3) is 0 Å². The van der Waals surface area contributed by atoms with Crippen LogP contribution in [0.3, 0.4) is 0 Å². The average Bonchev–Trinajstić information content (AvgIpc) is 2.99. The third kappa shape index (κ3) is 3.75. The molecule has 0 unspecified atom stereocenters. The number of rotatable bonds is 5. The van der Waals surface area contributed by atoms with Crippen LogP contribution >= 0.6 is 11.3 Å². The third-order valence-electron chi connectivity index (χ3n) is 4.02. The molecule has 1 aliphatic heterocycles. The van der Waals surface area contributed by atoms with Gasteiger partial charge in [0.15, 0.2) is 5.13 Å². The SMILES string of the molecule is CCN1CCN(c2ccc(CNc3ncc(C)s3)cn2)CC1. The summed E-state index contributed by atoms with van der Waals surface area (Å²) in [6.45, 7) is 10.6. The van der Waals surface area contributed by atoms with Crippen LogP contribution in [0.2, 0.25) is 0 Å². The van der Waals surface area contributed by atoms with E-state index >= 15 is 0 Å². The van der Waals surface area contributed by atoms with E-state index < -0.39 is 0 Å². The molecule has 0 aliphatic carbocycles. The Morgan fingerprint density at radius 1 is 1.14 bits per heavy atom. The lowest BCUT2D eigenvalue weighted by Gasteiger charge is -2.34. The van der Waals surface area contributed by atoms with Crippen LogP contribution in [0.1, 0.15) is 17.4 Å². The number of nitrogens with zero attached hydrogens (tertiary/aromatic N) is 4. The lowest BCUT2D eigenvalue weighted by molar-refractivity contribution is 0.270. The predicted octanol–water partition coefficient (Wildman–Crippen LogP) is 2.60. The Kier molecular flexibility index (Phi) is 4.90. The van der Waals surface area contributed by atoms with Gasteiger partial charge in [0, 0.05) is 50.0 Å². The number of anilines is 2. The predicted molar refractivity (Wildman–Crippen MR) is 92.7 cm³/mol. The Bertz CT molecular complexity index is 587. The van der Waals surface area contributed by atoms with E-state index in [1.165, 1.54) is 10.4 Å². The van der Waals surface area contributed by atoms with Gasteiger partial charge in [0.1, 0.15) is 5.82 Å². The van der Waals surface area contributed by atoms with Crippen LogP contribution in [-0.4, -0.2) is 47.6 Å². The van der Waals surface area contributed by atoms with Gasteiger partial charge in [0.2, 0.25) is 0 Å². The monoisotopic (exact) mass is 317 g/mol. The number of hydrogen-bond donors (Lipinski definition) is 1. The number of likely N-dealkylation sites (N-methyl/N-ethyl adjacent to an activating group) is 1. The first-order valence-electron chi connectivity index (χ1n) is 7.83. The zero-order chi connectivity index (χ0) is 15.4.